The van der Waals surface area contributed by atoms with Crippen molar-refractivity contribution in [3.8, 4) is 0 Å². The maximum absolute atomic E-state index is 12.1. The number of rotatable bonds is 4. The van der Waals surface area contributed by atoms with E-state index in [1.165, 1.54) is 22.9 Å². The van der Waals surface area contributed by atoms with Crippen LogP contribution in [0.5, 0.6) is 0 Å². The monoisotopic (exact) mass is 310 g/mol. The molecule has 1 atom stereocenters. The Hall–Kier alpha value is -2.07. The van der Waals surface area contributed by atoms with E-state index in [0.29, 0.717) is 5.17 Å². The summed E-state index contributed by atoms with van der Waals surface area (Å²) < 4.78 is 0. The van der Waals surface area contributed by atoms with Gasteiger partial charge in [-0.2, -0.15) is 0 Å². The van der Waals surface area contributed by atoms with Crippen LogP contribution in [0.3, 0.4) is 0 Å². The van der Waals surface area contributed by atoms with Gasteiger partial charge in [0.15, 0.2) is 5.17 Å². The predicted molar refractivity (Wildman–Crippen MR) is 92.6 cm³/mol. The molecule has 0 radical (unpaired) electrons. The van der Waals surface area contributed by atoms with Gasteiger partial charge in [-0.15, -0.1) is 0 Å². The van der Waals surface area contributed by atoms with Gasteiger partial charge in [0, 0.05) is 0 Å². The summed E-state index contributed by atoms with van der Waals surface area (Å²) >= 11 is 1.51. The molecule has 0 saturated carbocycles. The van der Waals surface area contributed by atoms with Gasteiger partial charge in [0.1, 0.15) is 0 Å². The number of aryl methyl sites for hydroxylation is 1. The quantitative estimate of drug-likeness (QED) is 0.935. The molecule has 1 unspecified atom stereocenters. The lowest BCUT2D eigenvalue weighted by molar-refractivity contribution is -0.118. The number of nitrogens with zero attached hydrogens (tertiary/aromatic N) is 1. The summed E-state index contributed by atoms with van der Waals surface area (Å²) in [5.41, 5.74) is 3.33. The van der Waals surface area contributed by atoms with Crippen LogP contribution in [0.2, 0.25) is 0 Å². The summed E-state index contributed by atoms with van der Waals surface area (Å²) in [6, 6.07) is 18.2. The highest BCUT2D eigenvalue weighted by Crippen LogP contribution is 2.25. The number of carbonyl (C=O) groups excluding carboxylic acids is 1. The van der Waals surface area contributed by atoms with Crippen molar-refractivity contribution in [2.45, 2.75) is 25.0 Å². The molecule has 0 spiro atoms. The second-order valence-corrected chi connectivity index (χ2v) is 6.41. The number of amidine groups is 1. The standard InChI is InChI=1S/C18H18N2OS/c1-2-13-8-10-15(11-9-13)19-18-20-17(21)16(22-18)12-14-6-4-3-5-7-14/h3-11,16H,2,12H2,1H3,(H,19,20,21). The van der Waals surface area contributed by atoms with Gasteiger partial charge < -0.3 is 5.32 Å². The van der Waals surface area contributed by atoms with Crippen LogP contribution >= 0.6 is 11.8 Å². The normalized spacial score (nSPS) is 19.4. The zero-order chi connectivity index (χ0) is 15.4. The van der Waals surface area contributed by atoms with E-state index in [1.807, 2.05) is 42.5 Å². The van der Waals surface area contributed by atoms with Crippen molar-refractivity contribution >= 4 is 28.5 Å². The second kappa shape index (κ2) is 6.79. The number of hydrogen-bond acceptors (Lipinski definition) is 3. The van der Waals surface area contributed by atoms with Gasteiger partial charge in [-0.05, 0) is 36.1 Å². The van der Waals surface area contributed by atoms with Gasteiger partial charge >= 0.3 is 0 Å². The van der Waals surface area contributed by atoms with Crippen LogP contribution in [0.4, 0.5) is 5.69 Å². The molecular formula is C18H18N2OS. The van der Waals surface area contributed by atoms with Crippen molar-refractivity contribution < 1.29 is 4.79 Å². The highest BCUT2D eigenvalue weighted by molar-refractivity contribution is 8.15. The van der Waals surface area contributed by atoms with Crippen LogP contribution in [-0.4, -0.2) is 16.3 Å². The molecule has 0 aromatic heterocycles. The van der Waals surface area contributed by atoms with Gasteiger partial charge in [0.2, 0.25) is 5.91 Å². The number of benzene rings is 2. The topological polar surface area (TPSA) is 41.5 Å². The molecule has 22 heavy (non-hydrogen) atoms. The first-order valence-corrected chi connectivity index (χ1v) is 8.31. The highest BCUT2D eigenvalue weighted by atomic mass is 32.2. The lowest BCUT2D eigenvalue weighted by atomic mass is 10.1. The summed E-state index contributed by atoms with van der Waals surface area (Å²) in [7, 11) is 0. The van der Waals surface area contributed by atoms with Crippen LogP contribution in [0, 0.1) is 0 Å². The summed E-state index contributed by atoms with van der Waals surface area (Å²) in [6.45, 7) is 2.13. The van der Waals surface area contributed by atoms with Crippen LogP contribution in [0.15, 0.2) is 59.6 Å². The van der Waals surface area contributed by atoms with Gasteiger partial charge in [-0.1, -0.05) is 61.2 Å². The Morgan fingerprint density at radius 3 is 2.45 bits per heavy atom. The Morgan fingerprint density at radius 1 is 1.05 bits per heavy atom. The van der Waals surface area contributed by atoms with Crippen molar-refractivity contribution in [3.63, 3.8) is 0 Å². The molecule has 0 bridgehead atoms. The number of carbonyl (C=O) groups is 1. The fraction of sp³-hybridized carbons (Fsp3) is 0.222. The Labute approximate surface area is 134 Å². The molecule has 3 rings (SSSR count). The van der Waals surface area contributed by atoms with Crippen molar-refractivity contribution in [3.05, 3.63) is 65.7 Å². The molecule has 1 amide bonds. The minimum absolute atomic E-state index is 0.0396. The summed E-state index contributed by atoms with van der Waals surface area (Å²) in [6.07, 6.45) is 1.74. The molecule has 0 aliphatic carbocycles. The average molecular weight is 310 g/mol. The zero-order valence-corrected chi connectivity index (χ0v) is 13.3. The molecule has 2 aromatic rings. The fourth-order valence-electron chi connectivity index (χ4n) is 2.34. The third-order valence-corrected chi connectivity index (χ3v) is 4.70. The van der Waals surface area contributed by atoms with Gasteiger partial charge in [0.25, 0.3) is 0 Å². The minimum Gasteiger partial charge on any atom is -0.304 e. The van der Waals surface area contributed by atoms with E-state index in [-0.39, 0.29) is 11.2 Å². The third-order valence-electron chi connectivity index (χ3n) is 3.62. The maximum atomic E-state index is 12.1. The van der Waals surface area contributed by atoms with Gasteiger partial charge in [-0.25, -0.2) is 4.99 Å². The molecule has 1 heterocycles. The van der Waals surface area contributed by atoms with Crippen molar-refractivity contribution in [2.75, 3.05) is 0 Å². The molecule has 2 aromatic carbocycles. The summed E-state index contributed by atoms with van der Waals surface area (Å²) in [4.78, 5) is 16.6. The predicted octanol–water partition coefficient (Wildman–Crippen LogP) is 3.71. The first-order chi connectivity index (χ1) is 10.7. The Kier molecular flexibility index (Phi) is 4.59. The van der Waals surface area contributed by atoms with Crippen LogP contribution in [-0.2, 0) is 17.6 Å². The molecule has 1 N–H and O–H groups in total. The number of amides is 1. The molecule has 3 nitrogen and oxygen atoms in total. The van der Waals surface area contributed by atoms with Crippen molar-refractivity contribution in [1.29, 1.82) is 0 Å². The van der Waals surface area contributed by atoms with E-state index in [9.17, 15) is 4.79 Å². The largest absolute Gasteiger partial charge is 0.304 e. The van der Waals surface area contributed by atoms with Gasteiger partial charge in [-0.3, -0.25) is 4.79 Å². The lowest BCUT2D eigenvalue weighted by Crippen LogP contribution is -2.25. The molecule has 1 aliphatic rings. The SMILES string of the molecule is CCc1ccc(N=C2NC(=O)C(Cc3ccccc3)S2)cc1. The molecule has 4 heteroatoms. The summed E-state index contributed by atoms with van der Waals surface area (Å²) in [5, 5.41) is 3.46. The molecule has 1 fully saturated rings. The molecule has 112 valence electrons. The minimum atomic E-state index is -0.101. The Bertz CT molecular complexity index is 680. The van der Waals surface area contributed by atoms with Crippen molar-refractivity contribution in [2.24, 2.45) is 4.99 Å². The summed E-state index contributed by atoms with van der Waals surface area (Å²) in [5.74, 6) is 0.0396. The number of nitrogens with one attached hydrogen (secondary N) is 1. The fourth-order valence-corrected chi connectivity index (χ4v) is 3.37. The smallest absolute Gasteiger partial charge is 0.239 e. The first-order valence-electron chi connectivity index (χ1n) is 7.43. The number of hydrogen-bond donors (Lipinski definition) is 1. The number of thioether (sulfide) groups is 1. The van der Waals surface area contributed by atoms with E-state index in [0.717, 1.165) is 18.5 Å². The molecule has 1 aliphatic heterocycles. The first kappa shape index (κ1) is 14.9. The van der Waals surface area contributed by atoms with E-state index in [2.05, 4.69) is 29.4 Å². The number of aliphatic imine (C=N–C) groups is 1. The second-order valence-electron chi connectivity index (χ2n) is 5.22. The lowest BCUT2D eigenvalue weighted by Gasteiger charge is -2.04. The van der Waals surface area contributed by atoms with E-state index < -0.39 is 0 Å². The Balaban J connectivity index is 1.69. The highest BCUT2D eigenvalue weighted by Gasteiger charge is 2.30. The third kappa shape index (κ3) is 3.57. The average Bonchev–Trinajstić information content (AvgIpc) is 2.88. The maximum Gasteiger partial charge on any atom is 0.239 e. The van der Waals surface area contributed by atoms with Crippen molar-refractivity contribution in [1.82, 2.24) is 5.32 Å². The Morgan fingerprint density at radius 2 is 1.77 bits per heavy atom. The van der Waals surface area contributed by atoms with E-state index in [1.54, 1.807) is 0 Å². The molecular weight excluding hydrogens is 292 g/mol. The van der Waals surface area contributed by atoms with E-state index in [4.69, 9.17) is 0 Å². The van der Waals surface area contributed by atoms with E-state index >= 15 is 0 Å². The molecule has 1 saturated heterocycles. The van der Waals surface area contributed by atoms with Gasteiger partial charge in [0.05, 0.1) is 10.9 Å². The van der Waals surface area contributed by atoms with Crippen LogP contribution < -0.4 is 5.32 Å². The van der Waals surface area contributed by atoms with Crippen LogP contribution in [0.25, 0.3) is 0 Å². The zero-order valence-electron chi connectivity index (χ0n) is 12.5. The van der Waals surface area contributed by atoms with Crippen LogP contribution in [0.1, 0.15) is 18.1 Å².